The lowest BCUT2D eigenvalue weighted by Gasteiger charge is -2.09. The van der Waals surface area contributed by atoms with Gasteiger partial charge in [0.05, 0.1) is 10.6 Å². The van der Waals surface area contributed by atoms with Crippen LogP contribution in [0.1, 0.15) is 5.69 Å². The van der Waals surface area contributed by atoms with Gasteiger partial charge in [-0.3, -0.25) is 0 Å². The van der Waals surface area contributed by atoms with Gasteiger partial charge in [-0.2, -0.15) is 5.10 Å². The molecule has 0 saturated heterocycles. The summed E-state index contributed by atoms with van der Waals surface area (Å²) in [7, 11) is -3.54. The van der Waals surface area contributed by atoms with Gasteiger partial charge in [0.25, 0.3) is 0 Å². The summed E-state index contributed by atoms with van der Waals surface area (Å²) in [5.74, 6) is 1.22. The molecule has 136 valence electrons. The molecule has 2 heterocycles. The Kier molecular flexibility index (Phi) is 5.64. The Morgan fingerprint density at radius 3 is 2.58 bits per heavy atom. The van der Waals surface area contributed by atoms with Crippen LogP contribution in [0.3, 0.4) is 0 Å². The van der Waals surface area contributed by atoms with Crippen molar-refractivity contribution in [3.8, 4) is 5.82 Å². The summed E-state index contributed by atoms with van der Waals surface area (Å²) in [6.45, 7) is 2.50. The minimum absolute atomic E-state index is 0.221. The van der Waals surface area contributed by atoms with Crippen molar-refractivity contribution in [3.05, 3.63) is 59.1 Å². The molecule has 0 aliphatic rings. The Balaban J connectivity index is 1.56. The van der Waals surface area contributed by atoms with Crippen molar-refractivity contribution in [2.75, 3.05) is 18.4 Å². The van der Waals surface area contributed by atoms with Crippen LogP contribution >= 0.6 is 15.9 Å². The van der Waals surface area contributed by atoms with Crippen LogP contribution in [-0.2, 0) is 10.0 Å². The van der Waals surface area contributed by atoms with E-state index in [1.807, 2.05) is 19.2 Å². The van der Waals surface area contributed by atoms with Gasteiger partial charge in [0.15, 0.2) is 5.82 Å². The molecule has 0 aliphatic heterocycles. The first-order chi connectivity index (χ1) is 12.4. The summed E-state index contributed by atoms with van der Waals surface area (Å²) in [6.07, 6.45) is 3.24. The molecule has 2 aromatic heterocycles. The van der Waals surface area contributed by atoms with E-state index in [0.29, 0.717) is 18.2 Å². The van der Waals surface area contributed by atoms with E-state index in [1.54, 1.807) is 35.0 Å². The number of hydrogen-bond donors (Lipinski definition) is 2. The van der Waals surface area contributed by atoms with Crippen molar-refractivity contribution in [1.82, 2.24) is 24.5 Å². The number of aryl methyl sites for hydroxylation is 1. The zero-order chi connectivity index (χ0) is 18.6. The summed E-state index contributed by atoms with van der Waals surface area (Å²) >= 11 is 3.28. The third-order valence-corrected chi connectivity index (χ3v) is 5.46. The predicted octanol–water partition coefficient (Wildman–Crippen LogP) is 2.12. The van der Waals surface area contributed by atoms with E-state index < -0.39 is 10.0 Å². The Morgan fingerprint density at radius 1 is 1.12 bits per heavy atom. The molecule has 0 atom stereocenters. The number of halogens is 1. The Morgan fingerprint density at radius 2 is 1.88 bits per heavy atom. The maximum atomic E-state index is 12.2. The van der Waals surface area contributed by atoms with E-state index in [-0.39, 0.29) is 11.4 Å². The summed E-state index contributed by atoms with van der Waals surface area (Å²) < 4.78 is 29.4. The van der Waals surface area contributed by atoms with Gasteiger partial charge in [0, 0.05) is 29.8 Å². The molecule has 3 aromatic rings. The second kappa shape index (κ2) is 7.94. The van der Waals surface area contributed by atoms with Crippen molar-refractivity contribution in [2.24, 2.45) is 0 Å². The first-order valence-electron chi connectivity index (χ1n) is 7.78. The molecule has 2 N–H and O–H groups in total. The number of rotatable bonds is 7. The molecule has 0 spiro atoms. The van der Waals surface area contributed by atoms with Gasteiger partial charge >= 0.3 is 0 Å². The molecule has 0 fully saturated rings. The van der Waals surface area contributed by atoms with Crippen LogP contribution in [0.25, 0.3) is 5.82 Å². The number of nitrogens with zero attached hydrogens (tertiary/aromatic N) is 4. The minimum Gasteiger partial charge on any atom is -0.369 e. The van der Waals surface area contributed by atoms with E-state index in [4.69, 9.17) is 0 Å². The SMILES string of the molecule is Cc1ccn(-c2cc(NCCNS(=O)(=O)c3ccc(Br)cc3)ncn2)n1. The Labute approximate surface area is 159 Å². The molecule has 0 aliphatic carbocycles. The number of anilines is 1. The molecule has 0 unspecified atom stereocenters. The maximum absolute atomic E-state index is 12.2. The highest BCUT2D eigenvalue weighted by Crippen LogP contribution is 2.14. The predicted molar refractivity (Wildman–Crippen MR) is 102 cm³/mol. The second-order valence-electron chi connectivity index (χ2n) is 5.44. The molecule has 10 heteroatoms. The minimum atomic E-state index is -3.54. The lowest BCUT2D eigenvalue weighted by molar-refractivity contribution is 0.583. The van der Waals surface area contributed by atoms with Crippen LogP contribution < -0.4 is 10.0 Å². The van der Waals surface area contributed by atoms with Gasteiger partial charge < -0.3 is 5.32 Å². The normalized spacial score (nSPS) is 11.5. The van der Waals surface area contributed by atoms with E-state index in [1.165, 1.54) is 6.33 Å². The molecular weight excluding hydrogens is 420 g/mol. The van der Waals surface area contributed by atoms with Crippen molar-refractivity contribution < 1.29 is 8.42 Å². The highest BCUT2D eigenvalue weighted by Gasteiger charge is 2.12. The first kappa shape index (κ1) is 18.5. The van der Waals surface area contributed by atoms with Gasteiger partial charge in [-0.05, 0) is 37.3 Å². The summed E-state index contributed by atoms with van der Waals surface area (Å²) in [5, 5.41) is 7.36. The van der Waals surface area contributed by atoms with Crippen molar-refractivity contribution >= 4 is 31.8 Å². The fourth-order valence-electron chi connectivity index (χ4n) is 2.18. The standard InChI is InChI=1S/C16H17BrN6O2S/c1-12-6-9-23(22-12)16-10-15(19-11-20-16)18-7-8-21-26(24,25)14-4-2-13(17)3-5-14/h2-6,9-11,21H,7-8H2,1H3,(H,18,19,20). The summed E-state index contributed by atoms with van der Waals surface area (Å²) in [4.78, 5) is 8.52. The topological polar surface area (TPSA) is 102 Å². The van der Waals surface area contributed by atoms with Crippen molar-refractivity contribution in [1.29, 1.82) is 0 Å². The van der Waals surface area contributed by atoms with Crippen molar-refractivity contribution in [3.63, 3.8) is 0 Å². The Bertz CT molecular complexity index is 988. The molecule has 3 rings (SSSR count). The fourth-order valence-corrected chi connectivity index (χ4v) is 3.48. The zero-order valence-corrected chi connectivity index (χ0v) is 16.3. The van der Waals surface area contributed by atoms with Gasteiger partial charge in [-0.25, -0.2) is 27.8 Å². The summed E-state index contributed by atoms with van der Waals surface area (Å²) in [5.41, 5.74) is 0.889. The van der Waals surface area contributed by atoms with Gasteiger partial charge in [-0.15, -0.1) is 0 Å². The average Bonchev–Trinajstić information content (AvgIpc) is 3.06. The van der Waals surface area contributed by atoms with E-state index in [9.17, 15) is 8.42 Å². The molecular formula is C16H17BrN6O2S. The van der Waals surface area contributed by atoms with E-state index >= 15 is 0 Å². The average molecular weight is 437 g/mol. The zero-order valence-electron chi connectivity index (χ0n) is 13.9. The third kappa shape index (κ3) is 4.65. The van der Waals surface area contributed by atoms with E-state index in [2.05, 4.69) is 41.0 Å². The second-order valence-corrected chi connectivity index (χ2v) is 8.12. The number of benzene rings is 1. The molecule has 26 heavy (non-hydrogen) atoms. The van der Waals surface area contributed by atoms with Gasteiger partial charge in [-0.1, -0.05) is 15.9 Å². The third-order valence-electron chi connectivity index (χ3n) is 3.46. The molecule has 0 bridgehead atoms. The van der Waals surface area contributed by atoms with Crippen LogP contribution in [0.5, 0.6) is 0 Å². The molecule has 8 nitrogen and oxygen atoms in total. The highest BCUT2D eigenvalue weighted by molar-refractivity contribution is 9.10. The van der Waals surface area contributed by atoms with Crippen LogP contribution in [0.4, 0.5) is 5.82 Å². The molecule has 0 radical (unpaired) electrons. The van der Waals surface area contributed by atoms with E-state index in [0.717, 1.165) is 10.2 Å². The molecule has 0 saturated carbocycles. The van der Waals surface area contributed by atoms with Crippen LogP contribution in [0.2, 0.25) is 0 Å². The van der Waals surface area contributed by atoms with Crippen LogP contribution in [0.15, 0.2) is 58.3 Å². The number of hydrogen-bond acceptors (Lipinski definition) is 6. The summed E-state index contributed by atoms with van der Waals surface area (Å²) in [6, 6.07) is 10.1. The number of sulfonamides is 1. The maximum Gasteiger partial charge on any atom is 0.240 e. The highest BCUT2D eigenvalue weighted by atomic mass is 79.9. The van der Waals surface area contributed by atoms with Crippen LogP contribution in [-0.4, -0.2) is 41.3 Å². The van der Waals surface area contributed by atoms with Gasteiger partial charge in [0.2, 0.25) is 10.0 Å². The van der Waals surface area contributed by atoms with Crippen molar-refractivity contribution in [2.45, 2.75) is 11.8 Å². The molecule has 1 aromatic carbocycles. The van der Waals surface area contributed by atoms with Gasteiger partial charge in [0.1, 0.15) is 12.1 Å². The molecule has 0 amide bonds. The number of nitrogens with one attached hydrogen (secondary N) is 2. The quantitative estimate of drug-likeness (QED) is 0.550. The lowest BCUT2D eigenvalue weighted by atomic mass is 10.4. The smallest absolute Gasteiger partial charge is 0.240 e. The lowest BCUT2D eigenvalue weighted by Crippen LogP contribution is -2.29. The fraction of sp³-hybridized carbons (Fsp3) is 0.188. The monoisotopic (exact) mass is 436 g/mol. The Hall–Kier alpha value is -2.30. The van der Waals surface area contributed by atoms with Crippen LogP contribution in [0, 0.1) is 6.92 Å². The first-order valence-corrected chi connectivity index (χ1v) is 10.1. The largest absolute Gasteiger partial charge is 0.369 e. The number of aromatic nitrogens is 4.